The summed E-state index contributed by atoms with van der Waals surface area (Å²) in [6.07, 6.45) is 18.9. The number of allylic oxidation sites excluding steroid dienone is 2. The summed E-state index contributed by atoms with van der Waals surface area (Å²) < 4.78 is 6.22. The summed E-state index contributed by atoms with van der Waals surface area (Å²) in [5, 5.41) is 20.7. The summed E-state index contributed by atoms with van der Waals surface area (Å²) in [7, 11) is 0. The molecule has 2 heterocycles. The highest BCUT2D eigenvalue weighted by Crippen LogP contribution is 2.47. The molecule has 2 aliphatic heterocycles. The van der Waals surface area contributed by atoms with E-state index < -0.39 is 0 Å². The van der Waals surface area contributed by atoms with Gasteiger partial charge in [0.25, 0.3) is 0 Å². The number of unbranched alkanes of at least 4 members (excludes halogenated alkanes) is 1. The molecular weight excluding hydrogens is 366 g/mol. The topological polar surface area (TPSA) is 70.0 Å². The first-order valence-corrected chi connectivity index (χ1v) is 12.1. The molecular formula is C24H41NO4. The van der Waals surface area contributed by atoms with Crippen molar-refractivity contribution in [3.8, 4) is 0 Å². The average Bonchev–Trinajstić information content (AvgIpc) is 3.46. The molecule has 5 atom stereocenters. The number of aliphatic hydroxyl groups excluding tert-OH is 1. The highest BCUT2D eigenvalue weighted by molar-refractivity contribution is 5.74. The lowest BCUT2D eigenvalue weighted by molar-refractivity contribution is -0.164. The van der Waals surface area contributed by atoms with Gasteiger partial charge in [-0.05, 0) is 76.0 Å². The number of ether oxygens (including phenoxy) is 1. The third-order valence-electron chi connectivity index (χ3n) is 7.43. The standard InChI is InChI=1S/C24H41NO4/c1-2-25(28)24(27)12-6-4-3-5-11-20-21(23-16-15-22(20)29-23)14-13-19(26)17-18-9-7-8-10-18/h3,5,18-23,26,28H,2,4,6-17H2,1H3/t19?,20-,21+,22-,23+/m0/s1. The van der Waals surface area contributed by atoms with Gasteiger partial charge in [0, 0.05) is 13.0 Å². The second kappa shape index (κ2) is 11.5. The van der Waals surface area contributed by atoms with E-state index in [1.54, 1.807) is 6.92 Å². The van der Waals surface area contributed by atoms with Crippen LogP contribution in [0.25, 0.3) is 0 Å². The van der Waals surface area contributed by atoms with Crippen LogP contribution >= 0.6 is 0 Å². The van der Waals surface area contributed by atoms with Gasteiger partial charge in [-0.3, -0.25) is 10.0 Å². The molecule has 2 saturated heterocycles. The second-order valence-electron chi connectivity index (χ2n) is 9.44. The number of amides is 1. The summed E-state index contributed by atoms with van der Waals surface area (Å²) in [6, 6.07) is 0. The Morgan fingerprint density at radius 2 is 1.86 bits per heavy atom. The first kappa shape index (κ1) is 22.8. The van der Waals surface area contributed by atoms with Gasteiger partial charge >= 0.3 is 0 Å². The number of carbonyl (C=O) groups excluding carboxylic acids is 1. The fourth-order valence-electron chi connectivity index (χ4n) is 5.78. The van der Waals surface area contributed by atoms with Crippen molar-refractivity contribution < 1.29 is 19.8 Å². The van der Waals surface area contributed by atoms with Gasteiger partial charge in [0.2, 0.25) is 5.91 Å². The fraction of sp³-hybridized carbons (Fsp3) is 0.875. The van der Waals surface area contributed by atoms with Gasteiger partial charge in [-0.15, -0.1) is 0 Å². The van der Waals surface area contributed by atoms with Crippen molar-refractivity contribution in [3.05, 3.63) is 12.2 Å². The molecule has 5 heteroatoms. The molecule has 0 aromatic rings. The van der Waals surface area contributed by atoms with Gasteiger partial charge in [0.05, 0.1) is 18.3 Å². The normalized spacial score (nSPS) is 30.4. The predicted molar refractivity (Wildman–Crippen MR) is 113 cm³/mol. The predicted octanol–water partition coefficient (Wildman–Crippen LogP) is 4.86. The molecule has 3 fully saturated rings. The highest BCUT2D eigenvalue weighted by atomic mass is 16.5. The van der Waals surface area contributed by atoms with E-state index in [1.165, 1.54) is 38.5 Å². The zero-order valence-corrected chi connectivity index (χ0v) is 18.2. The average molecular weight is 408 g/mol. The van der Waals surface area contributed by atoms with Crippen molar-refractivity contribution >= 4 is 5.91 Å². The lowest BCUT2D eigenvalue weighted by Gasteiger charge is -2.28. The quantitative estimate of drug-likeness (QED) is 0.210. The molecule has 0 spiro atoms. The zero-order valence-electron chi connectivity index (χ0n) is 18.2. The molecule has 5 nitrogen and oxygen atoms in total. The van der Waals surface area contributed by atoms with E-state index in [0.717, 1.165) is 49.5 Å². The third kappa shape index (κ3) is 6.53. The van der Waals surface area contributed by atoms with Gasteiger partial charge in [0.15, 0.2) is 0 Å². The van der Waals surface area contributed by atoms with E-state index in [-0.39, 0.29) is 12.0 Å². The number of fused-ring (bicyclic) bond motifs is 2. The minimum absolute atomic E-state index is 0.139. The maximum Gasteiger partial charge on any atom is 0.245 e. The Morgan fingerprint density at radius 1 is 1.14 bits per heavy atom. The third-order valence-corrected chi connectivity index (χ3v) is 7.43. The smallest absolute Gasteiger partial charge is 0.245 e. The van der Waals surface area contributed by atoms with Crippen molar-refractivity contribution in [2.75, 3.05) is 6.54 Å². The Hall–Kier alpha value is -0.910. The molecule has 1 aliphatic carbocycles. The fourth-order valence-corrected chi connectivity index (χ4v) is 5.78. The van der Waals surface area contributed by atoms with Gasteiger partial charge in [0.1, 0.15) is 0 Å². The van der Waals surface area contributed by atoms with E-state index in [4.69, 9.17) is 4.74 Å². The van der Waals surface area contributed by atoms with Crippen molar-refractivity contribution in [2.24, 2.45) is 17.8 Å². The molecule has 1 saturated carbocycles. The lowest BCUT2D eigenvalue weighted by atomic mass is 9.74. The maximum atomic E-state index is 11.6. The second-order valence-corrected chi connectivity index (χ2v) is 9.44. The van der Waals surface area contributed by atoms with Crippen molar-refractivity contribution in [1.82, 2.24) is 5.06 Å². The maximum absolute atomic E-state index is 11.6. The highest BCUT2D eigenvalue weighted by Gasteiger charge is 2.47. The molecule has 0 radical (unpaired) electrons. The summed E-state index contributed by atoms with van der Waals surface area (Å²) in [5.41, 5.74) is 0. The Bertz CT molecular complexity index is 531. The molecule has 29 heavy (non-hydrogen) atoms. The molecule has 3 rings (SSSR count). The summed E-state index contributed by atoms with van der Waals surface area (Å²) in [4.78, 5) is 11.6. The van der Waals surface area contributed by atoms with Gasteiger partial charge < -0.3 is 9.84 Å². The van der Waals surface area contributed by atoms with Crippen LogP contribution in [0, 0.1) is 17.8 Å². The van der Waals surface area contributed by atoms with Crippen molar-refractivity contribution in [3.63, 3.8) is 0 Å². The van der Waals surface area contributed by atoms with Crippen LogP contribution in [0.1, 0.15) is 90.4 Å². The first-order chi connectivity index (χ1) is 14.1. The number of rotatable bonds is 12. The zero-order chi connectivity index (χ0) is 20.6. The van der Waals surface area contributed by atoms with Crippen LogP contribution in [0.5, 0.6) is 0 Å². The summed E-state index contributed by atoms with van der Waals surface area (Å²) in [5.74, 6) is 1.73. The molecule has 3 aliphatic rings. The summed E-state index contributed by atoms with van der Waals surface area (Å²) in [6.45, 7) is 2.11. The van der Waals surface area contributed by atoms with Gasteiger partial charge in [-0.1, -0.05) is 37.8 Å². The minimum Gasteiger partial charge on any atom is -0.393 e. The van der Waals surface area contributed by atoms with Crippen LogP contribution in [0.4, 0.5) is 0 Å². The molecule has 1 amide bonds. The van der Waals surface area contributed by atoms with Crippen LogP contribution in [0.15, 0.2) is 12.2 Å². The van der Waals surface area contributed by atoms with Crippen LogP contribution in [-0.4, -0.2) is 46.1 Å². The lowest BCUT2D eigenvalue weighted by Crippen LogP contribution is -2.28. The minimum atomic E-state index is -0.196. The van der Waals surface area contributed by atoms with Crippen molar-refractivity contribution in [2.45, 2.75) is 109 Å². The number of hydroxylamine groups is 2. The largest absolute Gasteiger partial charge is 0.393 e. The Morgan fingerprint density at radius 3 is 2.59 bits per heavy atom. The van der Waals surface area contributed by atoms with Gasteiger partial charge in [-0.25, -0.2) is 5.06 Å². The number of hydrogen-bond acceptors (Lipinski definition) is 4. The molecule has 166 valence electrons. The monoisotopic (exact) mass is 407 g/mol. The number of hydrogen-bond donors (Lipinski definition) is 2. The van der Waals surface area contributed by atoms with Crippen LogP contribution in [0.3, 0.4) is 0 Å². The number of aliphatic hydroxyl groups is 1. The van der Waals surface area contributed by atoms with Crippen molar-refractivity contribution in [1.29, 1.82) is 0 Å². The summed E-state index contributed by atoms with van der Waals surface area (Å²) >= 11 is 0. The Balaban J connectivity index is 1.36. The van der Waals surface area contributed by atoms with E-state index in [0.29, 0.717) is 37.0 Å². The Labute approximate surface area is 176 Å². The van der Waals surface area contributed by atoms with E-state index in [9.17, 15) is 15.1 Å². The van der Waals surface area contributed by atoms with E-state index in [1.807, 2.05) is 0 Å². The molecule has 1 unspecified atom stereocenters. The number of nitrogens with zero attached hydrogens (tertiary/aromatic N) is 1. The van der Waals surface area contributed by atoms with Gasteiger partial charge in [-0.2, -0.15) is 0 Å². The van der Waals surface area contributed by atoms with Crippen LogP contribution in [-0.2, 0) is 9.53 Å². The Kier molecular flexibility index (Phi) is 9.01. The van der Waals surface area contributed by atoms with Crippen LogP contribution < -0.4 is 0 Å². The molecule has 2 bridgehead atoms. The van der Waals surface area contributed by atoms with E-state index in [2.05, 4.69) is 12.2 Å². The number of carbonyl (C=O) groups is 1. The van der Waals surface area contributed by atoms with Crippen LogP contribution in [0.2, 0.25) is 0 Å². The van der Waals surface area contributed by atoms with E-state index >= 15 is 0 Å². The molecule has 0 aromatic carbocycles. The molecule has 0 aromatic heterocycles. The SMILES string of the molecule is CCN(O)C(=O)CCCC=CC[C@H]1[C@@H](CCC(O)CC2CCCC2)[C@H]2CC[C@@H]1O2. The first-order valence-electron chi connectivity index (χ1n) is 12.1. The molecule has 2 N–H and O–H groups in total.